The van der Waals surface area contributed by atoms with E-state index in [1.165, 1.54) is 0 Å². The smallest absolute Gasteiger partial charge is 0.339 e. The van der Waals surface area contributed by atoms with Crippen molar-refractivity contribution < 1.29 is 9.53 Å². The van der Waals surface area contributed by atoms with E-state index in [1.807, 2.05) is 70.1 Å². The summed E-state index contributed by atoms with van der Waals surface area (Å²) in [6.07, 6.45) is 3.13. The molecule has 4 rings (SSSR count). The highest BCUT2D eigenvalue weighted by Gasteiger charge is 2.21. The van der Waals surface area contributed by atoms with Crippen molar-refractivity contribution >= 4 is 23.0 Å². The number of imidazole rings is 1. The van der Waals surface area contributed by atoms with Gasteiger partial charge in [-0.15, -0.1) is 0 Å². The van der Waals surface area contributed by atoms with Gasteiger partial charge in [0.25, 0.3) is 0 Å². The van der Waals surface area contributed by atoms with Gasteiger partial charge < -0.3 is 14.2 Å². The Morgan fingerprint density at radius 2 is 1.69 bits per heavy atom. The molecular weight excluding hydrogens is 448 g/mol. The van der Waals surface area contributed by atoms with Gasteiger partial charge in [-0.2, -0.15) is 0 Å². The van der Waals surface area contributed by atoms with Crippen LogP contribution in [0.15, 0.2) is 60.7 Å². The van der Waals surface area contributed by atoms with Gasteiger partial charge in [0, 0.05) is 20.5 Å². The lowest BCUT2D eigenvalue weighted by atomic mass is 9.98. The summed E-state index contributed by atoms with van der Waals surface area (Å²) in [5.41, 5.74) is 4.87. The Kier molecular flexibility index (Phi) is 7.43. The highest BCUT2D eigenvalue weighted by atomic mass is 16.6. The molecule has 0 radical (unpaired) electrons. The third kappa shape index (κ3) is 5.76. The number of carbonyl (C=O) groups excluding carboxylic acids is 1. The molecule has 0 aliphatic carbocycles. The molecule has 2 aromatic heterocycles. The molecule has 0 aliphatic heterocycles. The number of carbonyl (C=O) groups is 1. The zero-order valence-corrected chi connectivity index (χ0v) is 22.2. The number of hydrogen-bond acceptors (Lipinski definition) is 5. The van der Waals surface area contributed by atoms with Crippen molar-refractivity contribution in [3.8, 4) is 11.1 Å². The molecule has 2 aromatic carbocycles. The Bertz CT molecular complexity index is 1350. The van der Waals surface area contributed by atoms with Crippen LogP contribution in [0, 0.1) is 0 Å². The summed E-state index contributed by atoms with van der Waals surface area (Å²) in [6.45, 7) is 8.53. The van der Waals surface area contributed by atoms with Crippen LogP contribution in [0.25, 0.3) is 22.3 Å². The molecule has 0 aliphatic rings. The zero-order chi connectivity index (χ0) is 25.9. The quantitative estimate of drug-likeness (QED) is 0.267. The molecule has 6 heteroatoms. The van der Waals surface area contributed by atoms with Crippen LogP contribution in [0.3, 0.4) is 0 Å². The number of pyridine rings is 1. The zero-order valence-electron chi connectivity index (χ0n) is 22.2. The summed E-state index contributed by atoms with van der Waals surface area (Å²) in [4.78, 5) is 24.6. The summed E-state index contributed by atoms with van der Waals surface area (Å²) in [6, 6.07) is 20.1. The first-order valence-electron chi connectivity index (χ1n) is 12.6. The first-order chi connectivity index (χ1) is 17.2. The van der Waals surface area contributed by atoms with Crippen molar-refractivity contribution in [2.45, 2.75) is 59.1 Å². The lowest BCUT2D eigenvalue weighted by molar-refractivity contribution is 0.00704. The van der Waals surface area contributed by atoms with Gasteiger partial charge in [0.2, 0.25) is 0 Å². The molecule has 0 atom stereocenters. The van der Waals surface area contributed by atoms with E-state index in [-0.39, 0.29) is 5.97 Å². The van der Waals surface area contributed by atoms with E-state index in [4.69, 9.17) is 14.7 Å². The maximum absolute atomic E-state index is 12.8. The Balaban J connectivity index is 1.66. The lowest BCUT2D eigenvalue weighted by Gasteiger charge is -2.20. The van der Waals surface area contributed by atoms with E-state index in [2.05, 4.69) is 41.8 Å². The maximum atomic E-state index is 12.8. The second-order valence-corrected chi connectivity index (χ2v) is 10.4. The minimum Gasteiger partial charge on any atom is -0.456 e. The normalized spacial score (nSPS) is 11.6. The monoisotopic (exact) mass is 484 g/mol. The number of ether oxygens (including phenoxy) is 1. The van der Waals surface area contributed by atoms with Gasteiger partial charge in [-0.3, -0.25) is 0 Å². The first kappa shape index (κ1) is 25.4. The van der Waals surface area contributed by atoms with E-state index < -0.39 is 5.60 Å². The van der Waals surface area contributed by atoms with E-state index in [1.54, 1.807) is 0 Å². The van der Waals surface area contributed by atoms with Gasteiger partial charge in [0.15, 0.2) is 5.65 Å². The third-order valence-corrected chi connectivity index (χ3v) is 6.02. The predicted molar refractivity (Wildman–Crippen MR) is 147 cm³/mol. The summed E-state index contributed by atoms with van der Waals surface area (Å²) in [7, 11) is 4.00. The second kappa shape index (κ2) is 10.5. The largest absolute Gasteiger partial charge is 0.456 e. The highest BCUT2D eigenvalue weighted by Crippen LogP contribution is 2.27. The molecular formula is C30H36N4O2. The third-order valence-electron chi connectivity index (χ3n) is 6.02. The van der Waals surface area contributed by atoms with Crippen LogP contribution < -0.4 is 4.90 Å². The molecule has 0 saturated heterocycles. The van der Waals surface area contributed by atoms with Crippen LogP contribution in [-0.4, -0.2) is 40.2 Å². The van der Waals surface area contributed by atoms with Crippen molar-refractivity contribution in [3.63, 3.8) is 0 Å². The molecule has 0 bridgehead atoms. The number of esters is 1. The average molecular weight is 485 g/mol. The fourth-order valence-electron chi connectivity index (χ4n) is 4.20. The standard InChI is InChI=1S/C30H36N4O2/c1-7-8-13-27-31-25-18-19-26(33(5)6)32-28(25)34(27)20-21-14-16-22(17-15-21)23-11-9-10-12-24(23)29(35)36-30(2,3)4/h9-12,14-19H,7-8,13,20H2,1-6H3. The van der Waals surface area contributed by atoms with Crippen LogP contribution in [0.5, 0.6) is 0 Å². The number of nitrogens with zero attached hydrogens (tertiary/aromatic N) is 4. The average Bonchev–Trinajstić information content (AvgIpc) is 3.18. The molecule has 4 aromatic rings. The number of rotatable bonds is 8. The van der Waals surface area contributed by atoms with Crippen molar-refractivity contribution in [3.05, 3.63) is 77.6 Å². The van der Waals surface area contributed by atoms with Gasteiger partial charge in [0.05, 0.1) is 12.1 Å². The second-order valence-electron chi connectivity index (χ2n) is 10.4. The summed E-state index contributed by atoms with van der Waals surface area (Å²) in [5.74, 6) is 1.67. The highest BCUT2D eigenvalue weighted by molar-refractivity contribution is 5.97. The number of unbranched alkanes of at least 4 members (excludes halogenated alkanes) is 1. The molecule has 0 fully saturated rings. The Morgan fingerprint density at radius 1 is 0.972 bits per heavy atom. The number of aromatic nitrogens is 3. The van der Waals surface area contributed by atoms with Crippen LogP contribution in [0.2, 0.25) is 0 Å². The van der Waals surface area contributed by atoms with E-state index in [0.29, 0.717) is 12.1 Å². The summed E-state index contributed by atoms with van der Waals surface area (Å²) in [5, 5.41) is 0. The minimum atomic E-state index is -0.544. The fraction of sp³-hybridized carbons (Fsp3) is 0.367. The van der Waals surface area contributed by atoms with Crippen LogP contribution in [0.1, 0.15) is 62.3 Å². The number of fused-ring (bicyclic) bond motifs is 1. The molecule has 188 valence electrons. The van der Waals surface area contributed by atoms with Crippen molar-refractivity contribution in [2.75, 3.05) is 19.0 Å². The molecule has 2 heterocycles. The number of benzene rings is 2. The number of aryl methyl sites for hydroxylation is 1. The van der Waals surface area contributed by atoms with Gasteiger partial charge in [-0.25, -0.2) is 14.8 Å². The van der Waals surface area contributed by atoms with Crippen LogP contribution >= 0.6 is 0 Å². The van der Waals surface area contributed by atoms with E-state index in [9.17, 15) is 4.79 Å². The molecule has 0 saturated carbocycles. The molecule has 0 spiro atoms. The Hall–Kier alpha value is -3.67. The molecule has 0 N–H and O–H groups in total. The first-order valence-corrected chi connectivity index (χ1v) is 12.6. The maximum Gasteiger partial charge on any atom is 0.339 e. The van der Waals surface area contributed by atoms with E-state index >= 15 is 0 Å². The number of hydrogen-bond donors (Lipinski definition) is 0. The van der Waals surface area contributed by atoms with E-state index in [0.717, 1.165) is 58.8 Å². The summed E-state index contributed by atoms with van der Waals surface area (Å²) < 4.78 is 7.87. The minimum absolute atomic E-state index is 0.310. The molecule has 0 amide bonds. The van der Waals surface area contributed by atoms with Gasteiger partial charge in [0.1, 0.15) is 22.8 Å². The SMILES string of the molecule is CCCCc1nc2ccc(N(C)C)nc2n1Cc1ccc(-c2ccccc2C(=O)OC(C)(C)C)cc1. The molecule has 36 heavy (non-hydrogen) atoms. The van der Waals surface area contributed by atoms with Crippen molar-refractivity contribution in [2.24, 2.45) is 0 Å². The number of anilines is 1. The Labute approximate surface area is 213 Å². The lowest BCUT2D eigenvalue weighted by Crippen LogP contribution is -2.24. The van der Waals surface area contributed by atoms with Crippen molar-refractivity contribution in [1.29, 1.82) is 0 Å². The Morgan fingerprint density at radius 3 is 2.36 bits per heavy atom. The fourth-order valence-corrected chi connectivity index (χ4v) is 4.20. The van der Waals surface area contributed by atoms with Crippen molar-refractivity contribution in [1.82, 2.24) is 14.5 Å². The van der Waals surface area contributed by atoms with Gasteiger partial charge >= 0.3 is 5.97 Å². The van der Waals surface area contributed by atoms with Gasteiger partial charge in [-0.05, 0) is 62.1 Å². The van der Waals surface area contributed by atoms with Crippen LogP contribution in [0.4, 0.5) is 5.82 Å². The molecule has 0 unspecified atom stereocenters. The van der Waals surface area contributed by atoms with Crippen LogP contribution in [-0.2, 0) is 17.7 Å². The predicted octanol–water partition coefficient (Wildman–Crippen LogP) is 6.51. The molecule has 6 nitrogen and oxygen atoms in total. The van der Waals surface area contributed by atoms with Gasteiger partial charge in [-0.1, -0.05) is 55.8 Å². The summed E-state index contributed by atoms with van der Waals surface area (Å²) >= 11 is 0. The topological polar surface area (TPSA) is 60.2 Å².